The van der Waals surface area contributed by atoms with E-state index in [2.05, 4.69) is 4.98 Å². The first-order chi connectivity index (χ1) is 15.2. The summed E-state index contributed by atoms with van der Waals surface area (Å²) >= 11 is 1.38. The molecule has 11 nitrogen and oxygen atoms in total. The Morgan fingerprint density at radius 1 is 1.41 bits per heavy atom. The predicted molar refractivity (Wildman–Crippen MR) is 116 cm³/mol. The topological polar surface area (TPSA) is 173 Å². The number of amides is 1. The summed E-state index contributed by atoms with van der Waals surface area (Å²) < 4.78 is 5.08. The Morgan fingerprint density at radius 2 is 2.16 bits per heavy atom. The van der Waals surface area contributed by atoms with Crippen LogP contribution in [0.4, 0.5) is 10.8 Å². The zero-order valence-corrected chi connectivity index (χ0v) is 17.8. The number of phenolic OH excluding ortho intramolecular Hbond substituents is 2. The van der Waals surface area contributed by atoms with E-state index in [-0.39, 0.29) is 17.0 Å². The molecular weight excluding hydrogens is 440 g/mol. The summed E-state index contributed by atoms with van der Waals surface area (Å²) in [6.45, 7) is 2.30. The van der Waals surface area contributed by atoms with Crippen LogP contribution >= 0.6 is 11.3 Å². The Labute approximate surface area is 184 Å². The number of hydrogen-bond donors (Lipinski definition) is 3. The molecule has 0 unspecified atom stereocenters. The molecule has 1 aromatic carbocycles. The van der Waals surface area contributed by atoms with E-state index in [1.165, 1.54) is 11.3 Å². The molecule has 0 saturated carbocycles. The zero-order chi connectivity index (χ0) is 23.2. The lowest BCUT2D eigenvalue weighted by atomic mass is 9.95. The van der Waals surface area contributed by atoms with Crippen molar-refractivity contribution in [2.75, 3.05) is 12.3 Å². The van der Waals surface area contributed by atoms with Gasteiger partial charge < -0.3 is 25.3 Å². The van der Waals surface area contributed by atoms with Crippen LogP contribution in [0.1, 0.15) is 40.7 Å². The maximum Gasteiger partial charge on any atom is 0.349 e. The number of aromatic nitrogens is 1. The molecule has 2 aromatic heterocycles. The summed E-state index contributed by atoms with van der Waals surface area (Å²) in [5.41, 5.74) is 4.22. The molecule has 4 rings (SSSR count). The number of nitrogens with two attached hydrogens (primary N) is 1. The van der Waals surface area contributed by atoms with Crippen molar-refractivity contribution in [1.29, 1.82) is 0 Å². The SMILES string of the molecule is CCCN(C(=O)c1cc2cc([N+](=O)[O-])c(O)c(O)c2oc1=O)[C@@H]1CCc2nc(N)sc2C1. The Kier molecular flexibility index (Phi) is 5.46. The summed E-state index contributed by atoms with van der Waals surface area (Å²) in [6, 6.07) is 1.92. The third-order valence-corrected chi connectivity index (χ3v) is 6.42. The second kappa shape index (κ2) is 8.11. The number of carbonyl (C=O) groups is 1. The van der Waals surface area contributed by atoms with Crippen LogP contribution in [0.5, 0.6) is 11.5 Å². The molecule has 4 N–H and O–H groups in total. The summed E-state index contributed by atoms with van der Waals surface area (Å²) in [5, 5.41) is 31.4. The number of phenols is 2. The van der Waals surface area contributed by atoms with Crippen molar-refractivity contribution in [3.8, 4) is 11.5 Å². The van der Waals surface area contributed by atoms with Gasteiger partial charge in [-0.1, -0.05) is 6.92 Å². The summed E-state index contributed by atoms with van der Waals surface area (Å²) in [6.07, 6.45) is 2.53. The highest BCUT2D eigenvalue weighted by atomic mass is 32.1. The van der Waals surface area contributed by atoms with Gasteiger partial charge in [-0.25, -0.2) is 9.78 Å². The lowest BCUT2D eigenvalue weighted by Gasteiger charge is -2.33. The van der Waals surface area contributed by atoms with Crippen LogP contribution in [-0.2, 0) is 12.8 Å². The average Bonchev–Trinajstić information content (AvgIpc) is 3.13. The molecule has 2 heterocycles. The van der Waals surface area contributed by atoms with Gasteiger partial charge in [-0.3, -0.25) is 14.9 Å². The molecule has 3 aromatic rings. The number of nitrogens with zero attached hydrogens (tertiary/aromatic N) is 3. The number of nitro groups is 1. The molecule has 12 heteroatoms. The van der Waals surface area contributed by atoms with Crippen LogP contribution in [0.2, 0.25) is 0 Å². The Balaban J connectivity index is 1.75. The number of thiazole rings is 1. The van der Waals surface area contributed by atoms with Gasteiger partial charge in [0.2, 0.25) is 11.5 Å². The van der Waals surface area contributed by atoms with Gasteiger partial charge in [0.05, 0.1) is 10.6 Å². The van der Waals surface area contributed by atoms with Crippen molar-refractivity contribution in [3.63, 3.8) is 0 Å². The fourth-order valence-corrected chi connectivity index (χ4v) is 4.95. The van der Waals surface area contributed by atoms with Crippen molar-refractivity contribution in [3.05, 3.63) is 48.8 Å². The van der Waals surface area contributed by atoms with E-state index in [0.717, 1.165) is 22.7 Å². The van der Waals surface area contributed by atoms with Gasteiger partial charge in [-0.05, 0) is 25.3 Å². The normalized spacial score (nSPS) is 15.5. The van der Waals surface area contributed by atoms with Crippen LogP contribution in [-0.4, -0.2) is 43.5 Å². The fourth-order valence-electron chi connectivity index (χ4n) is 4.00. The molecule has 1 atom stereocenters. The molecule has 1 aliphatic rings. The molecule has 1 amide bonds. The number of nitro benzene ring substituents is 1. The van der Waals surface area contributed by atoms with E-state index in [0.29, 0.717) is 37.4 Å². The van der Waals surface area contributed by atoms with Gasteiger partial charge in [0.15, 0.2) is 10.7 Å². The average molecular weight is 460 g/mol. The standard InChI is InChI=1S/C20H20N4O7S/c1-2-5-23(10-3-4-12-14(8-10)32-20(21)22-12)18(27)11-6-9-7-13(24(29)30)15(25)16(26)17(9)31-19(11)28/h6-7,10,25-26H,2-5,8H2,1H3,(H2,21,22)/t10-/m1/s1. The monoisotopic (exact) mass is 460 g/mol. The highest BCUT2D eigenvalue weighted by Crippen LogP contribution is 2.41. The van der Waals surface area contributed by atoms with E-state index in [4.69, 9.17) is 10.2 Å². The quantitative estimate of drug-likeness (QED) is 0.224. The molecule has 0 radical (unpaired) electrons. The highest BCUT2D eigenvalue weighted by molar-refractivity contribution is 7.15. The lowest BCUT2D eigenvalue weighted by Crippen LogP contribution is -2.45. The zero-order valence-electron chi connectivity index (χ0n) is 17.0. The molecule has 168 valence electrons. The maximum atomic E-state index is 13.4. The van der Waals surface area contributed by atoms with Gasteiger partial charge in [0, 0.05) is 35.3 Å². The third-order valence-electron chi connectivity index (χ3n) is 5.47. The molecule has 1 aliphatic carbocycles. The van der Waals surface area contributed by atoms with Crippen LogP contribution < -0.4 is 11.4 Å². The second-order valence-electron chi connectivity index (χ2n) is 7.53. The maximum absolute atomic E-state index is 13.4. The van der Waals surface area contributed by atoms with Crippen molar-refractivity contribution >= 4 is 39.0 Å². The first-order valence-corrected chi connectivity index (χ1v) is 10.7. The van der Waals surface area contributed by atoms with Crippen molar-refractivity contribution in [2.45, 2.75) is 38.6 Å². The summed E-state index contributed by atoms with van der Waals surface area (Å²) in [4.78, 5) is 43.2. The van der Waals surface area contributed by atoms with Gasteiger partial charge in [0.25, 0.3) is 5.91 Å². The van der Waals surface area contributed by atoms with Crippen LogP contribution in [0.25, 0.3) is 11.0 Å². The Bertz CT molecular complexity index is 1300. The number of fused-ring (bicyclic) bond motifs is 2. The Morgan fingerprint density at radius 3 is 2.84 bits per heavy atom. The van der Waals surface area contributed by atoms with E-state index in [9.17, 15) is 29.9 Å². The Hall–Kier alpha value is -3.67. The smallest absolute Gasteiger partial charge is 0.349 e. The number of benzene rings is 1. The number of hydrogen-bond acceptors (Lipinski definition) is 10. The number of nitrogen functional groups attached to an aromatic ring is 1. The van der Waals surface area contributed by atoms with Crippen molar-refractivity contribution in [2.24, 2.45) is 0 Å². The molecule has 0 spiro atoms. The summed E-state index contributed by atoms with van der Waals surface area (Å²) in [5.74, 6) is -2.51. The largest absolute Gasteiger partial charge is 0.501 e. The van der Waals surface area contributed by atoms with Gasteiger partial charge in [-0.15, -0.1) is 11.3 Å². The number of aryl methyl sites for hydroxylation is 1. The lowest BCUT2D eigenvalue weighted by molar-refractivity contribution is -0.385. The van der Waals surface area contributed by atoms with E-state index in [1.807, 2.05) is 6.92 Å². The van der Waals surface area contributed by atoms with Crippen molar-refractivity contribution < 1.29 is 24.3 Å². The molecule has 0 bridgehead atoms. The minimum absolute atomic E-state index is 0.0486. The molecule has 0 fully saturated rings. The van der Waals surface area contributed by atoms with Gasteiger partial charge in [-0.2, -0.15) is 0 Å². The number of anilines is 1. The molecule has 0 aliphatic heterocycles. The van der Waals surface area contributed by atoms with Gasteiger partial charge >= 0.3 is 11.3 Å². The van der Waals surface area contributed by atoms with E-state index >= 15 is 0 Å². The van der Waals surface area contributed by atoms with Gasteiger partial charge in [0.1, 0.15) is 5.56 Å². The fraction of sp³-hybridized carbons (Fsp3) is 0.350. The molecular formula is C20H20N4O7S. The van der Waals surface area contributed by atoms with Crippen LogP contribution in [0.3, 0.4) is 0 Å². The van der Waals surface area contributed by atoms with E-state index in [1.54, 1.807) is 4.90 Å². The molecule has 32 heavy (non-hydrogen) atoms. The summed E-state index contributed by atoms with van der Waals surface area (Å²) in [7, 11) is 0. The number of carbonyl (C=O) groups excluding carboxylic acids is 1. The third kappa shape index (κ3) is 3.62. The first-order valence-electron chi connectivity index (χ1n) is 9.93. The first kappa shape index (κ1) is 21.6. The predicted octanol–water partition coefficient (Wildman–Crippen LogP) is 2.56. The minimum Gasteiger partial charge on any atom is -0.501 e. The second-order valence-corrected chi connectivity index (χ2v) is 8.65. The molecule has 0 saturated heterocycles. The van der Waals surface area contributed by atoms with Crippen molar-refractivity contribution in [1.82, 2.24) is 9.88 Å². The number of rotatable bonds is 5. The van der Waals surface area contributed by atoms with E-state index < -0.39 is 39.2 Å². The number of aromatic hydroxyl groups is 2. The van der Waals surface area contributed by atoms with Crippen LogP contribution in [0, 0.1) is 10.1 Å². The minimum atomic E-state index is -1.01. The highest BCUT2D eigenvalue weighted by Gasteiger charge is 2.32. The van der Waals surface area contributed by atoms with Crippen LogP contribution in [0.15, 0.2) is 21.3 Å².